The summed E-state index contributed by atoms with van der Waals surface area (Å²) in [4.78, 5) is 44.2. The van der Waals surface area contributed by atoms with Gasteiger partial charge in [0.2, 0.25) is 0 Å². The molecule has 0 unspecified atom stereocenters. The largest absolute Gasteiger partial charge is 0.461 e. The number of ether oxygens (including phenoxy) is 3. The number of benzene rings is 3. The molecule has 0 saturated carbocycles. The summed E-state index contributed by atoms with van der Waals surface area (Å²) in [5, 5.41) is 12.6. The van der Waals surface area contributed by atoms with Crippen LogP contribution in [0.15, 0.2) is 66.7 Å². The van der Waals surface area contributed by atoms with Gasteiger partial charge in [0.15, 0.2) is 0 Å². The van der Waals surface area contributed by atoms with Crippen LogP contribution in [0.3, 0.4) is 0 Å². The van der Waals surface area contributed by atoms with Gasteiger partial charge in [0.05, 0.1) is 41.8 Å². The third kappa shape index (κ3) is 8.26. The number of aromatic nitrogens is 2. The third-order valence-electron chi connectivity index (χ3n) is 10.2. The van der Waals surface area contributed by atoms with E-state index in [1.165, 1.54) is 0 Å². The highest BCUT2D eigenvalue weighted by molar-refractivity contribution is 6.36. The molecule has 54 heavy (non-hydrogen) atoms. The molecule has 1 aromatic heterocycles. The molecule has 0 bridgehead atoms. The second-order valence-electron chi connectivity index (χ2n) is 15.0. The van der Waals surface area contributed by atoms with Crippen LogP contribution in [-0.2, 0) is 29.0 Å². The molecule has 12 nitrogen and oxygen atoms in total. The molecule has 2 amide bonds. The molecule has 4 heterocycles. The molecule has 282 valence electrons. The SMILES string of the molecule is CC(C)(C)OC(=O)N1CCC[C@H]1COc1nc2c(c(N3CCN(C(=O)OCc4ccccc4)[C@@H](CC#N)C3)n1)CCN(c1cccc3cccc(Cl)c13)C2. The van der Waals surface area contributed by atoms with E-state index in [1.807, 2.05) is 69.3 Å². The van der Waals surface area contributed by atoms with Gasteiger partial charge in [-0.3, -0.25) is 0 Å². The average molecular weight is 752 g/mol. The first kappa shape index (κ1) is 37.1. The predicted molar refractivity (Wildman–Crippen MR) is 207 cm³/mol. The number of halogens is 1. The van der Waals surface area contributed by atoms with Crippen LogP contribution in [-0.4, -0.2) is 89.0 Å². The Balaban J connectivity index is 1.16. The van der Waals surface area contributed by atoms with Gasteiger partial charge >= 0.3 is 18.2 Å². The second kappa shape index (κ2) is 16.0. The minimum atomic E-state index is -0.603. The Morgan fingerprint density at radius 2 is 1.69 bits per heavy atom. The lowest BCUT2D eigenvalue weighted by Gasteiger charge is -2.42. The molecule has 0 aliphatic carbocycles. The number of fused-ring (bicyclic) bond motifs is 2. The van der Waals surface area contributed by atoms with Gasteiger partial charge < -0.3 is 33.8 Å². The van der Waals surface area contributed by atoms with Crippen molar-refractivity contribution >= 4 is 46.1 Å². The summed E-state index contributed by atoms with van der Waals surface area (Å²) in [5.74, 6) is 0.737. The maximum absolute atomic E-state index is 13.3. The fourth-order valence-corrected chi connectivity index (χ4v) is 7.85. The van der Waals surface area contributed by atoms with Crippen LogP contribution in [0, 0.1) is 11.3 Å². The van der Waals surface area contributed by atoms with E-state index in [9.17, 15) is 14.9 Å². The van der Waals surface area contributed by atoms with Gasteiger partial charge in [-0.2, -0.15) is 15.2 Å². The number of nitrogens with zero attached hydrogens (tertiary/aromatic N) is 7. The highest BCUT2D eigenvalue weighted by Gasteiger charge is 2.36. The molecule has 3 aromatic carbocycles. The molecule has 13 heteroatoms. The Hall–Kier alpha value is -5.28. The lowest BCUT2D eigenvalue weighted by Crippen LogP contribution is -2.55. The van der Waals surface area contributed by atoms with Crippen LogP contribution < -0.4 is 14.5 Å². The first-order valence-corrected chi connectivity index (χ1v) is 19.0. The van der Waals surface area contributed by atoms with Gasteiger partial charge in [-0.1, -0.05) is 66.2 Å². The lowest BCUT2D eigenvalue weighted by atomic mass is 10.0. The molecule has 0 radical (unpaired) electrons. The van der Waals surface area contributed by atoms with Crippen molar-refractivity contribution in [1.82, 2.24) is 19.8 Å². The van der Waals surface area contributed by atoms with E-state index in [1.54, 1.807) is 9.80 Å². The summed E-state index contributed by atoms with van der Waals surface area (Å²) in [6.45, 7) is 9.03. The fourth-order valence-electron chi connectivity index (χ4n) is 7.57. The minimum absolute atomic E-state index is 0.144. The number of likely N-dealkylation sites (tertiary alicyclic amines) is 1. The topological polar surface area (TPSA) is 124 Å². The van der Waals surface area contributed by atoms with Gasteiger partial charge in [0, 0.05) is 49.4 Å². The minimum Gasteiger partial charge on any atom is -0.461 e. The van der Waals surface area contributed by atoms with Gasteiger partial charge in [0.25, 0.3) is 0 Å². The number of nitriles is 1. The molecule has 0 spiro atoms. The van der Waals surface area contributed by atoms with Crippen LogP contribution in [0.1, 0.15) is 56.9 Å². The van der Waals surface area contributed by atoms with E-state index in [0.29, 0.717) is 50.7 Å². The van der Waals surface area contributed by atoms with Crippen molar-refractivity contribution in [3.8, 4) is 12.1 Å². The van der Waals surface area contributed by atoms with Gasteiger partial charge in [-0.15, -0.1) is 0 Å². The first-order chi connectivity index (χ1) is 26.1. The van der Waals surface area contributed by atoms with Crippen molar-refractivity contribution in [3.05, 3.63) is 88.6 Å². The normalized spacial score (nSPS) is 18.6. The molecule has 3 aliphatic rings. The van der Waals surface area contributed by atoms with Crippen molar-refractivity contribution in [3.63, 3.8) is 0 Å². The second-order valence-corrected chi connectivity index (χ2v) is 15.4. The number of hydrogen-bond donors (Lipinski definition) is 0. The highest BCUT2D eigenvalue weighted by Crippen LogP contribution is 2.37. The number of carbonyl (C=O) groups excluding carboxylic acids is 2. The van der Waals surface area contributed by atoms with Crippen molar-refractivity contribution in [2.75, 3.05) is 49.1 Å². The van der Waals surface area contributed by atoms with Gasteiger partial charge in [-0.25, -0.2) is 9.59 Å². The molecule has 2 fully saturated rings. The molecule has 2 saturated heterocycles. The summed E-state index contributed by atoms with van der Waals surface area (Å²) < 4.78 is 17.7. The Kier molecular flexibility index (Phi) is 11.0. The highest BCUT2D eigenvalue weighted by atomic mass is 35.5. The van der Waals surface area contributed by atoms with Gasteiger partial charge in [0.1, 0.15) is 24.6 Å². The zero-order chi connectivity index (χ0) is 37.8. The van der Waals surface area contributed by atoms with E-state index in [2.05, 4.69) is 34.1 Å². The Morgan fingerprint density at radius 1 is 0.907 bits per heavy atom. The molecular weight excluding hydrogens is 706 g/mol. The molecule has 2 atom stereocenters. The molecule has 4 aromatic rings. The zero-order valence-corrected chi connectivity index (χ0v) is 31.8. The van der Waals surface area contributed by atoms with E-state index in [-0.39, 0.29) is 37.8 Å². The van der Waals surface area contributed by atoms with Crippen LogP contribution in [0.5, 0.6) is 6.01 Å². The number of piperazine rings is 1. The Morgan fingerprint density at radius 3 is 2.46 bits per heavy atom. The third-order valence-corrected chi connectivity index (χ3v) is 10.5. The number of anilines is 2. The van der Waals surface area contributed by atoms with Crippen molar-refractivity contribution in [2.24, 2.45) is 0 Å². The maximum Gasteiger partial charge on any atom is 0.410 e. The van der Waals surface area contributed by atoms with Crippen molar-refractivity contribution < 1.29 is 23.8 Å². The van der Waals surface area contributed by atoms with Crippen molar-refractivity contribution in [2.45, 2.75) is 77.3 Å². The van der Waals surface area contributed by atoms with Crippen LogP contribution in [0.2, 0.25) is 5.02 Å². The van der Waals surface area contributed by atoms with E-state index >= 15 is 0 Å². The fraction of sp³-hybridized carbons (Fsp3) is 0.439. The summed E-state index contributed by atoms with van der Waals surface area (Å²) >= 11 is 6.76. The average Bonchev–Trinajstić information content (AvgIpc) is 3.64. The summed E-state index contributed by atoms with van der Waals surface area (Å²) in [6.07, 6.45) is 1.65. The quantitative estimate of drug-likeness (QED) is 0.180. The predicted octanol–water partition coefficient (Wildman–Crippen LogP) is 7.37. The van der Waals surface area contributed by atoms with E-state index in [4.69, 9.17) is 35.8 Å². The standard InChI is InChI=1S/C41H46ClN7O5/c1-41(2,3)54-40(51)48-20-9-14-31(48)27-52-38-44-34-25-46(35-16-8-13-29-12-7-15-33(42)36(29)35)21-18-32(34)37(45-38)47-22-23-49(30(24-47)17-19-43)39(50)53-26-28-10-5-4-6-11-28/h4-8,10-13,15-16,30-31H,9,14,17-18,20-27H2,1-3H3/t30-,31-/m0/s1. The van der Waals surface area contributed by atoms with E-state index in [0.717, 1.165) is 51.9 Å². The number of amides is 2. The number of carbonyl (C=O) groups is 2. The Bertz CT molecular complexity index is 2030. The number of hydrogen-bond acceptors (Lipinski definition) is 10. The zero-order valence-electron chi connectivity index (χ0n) is 31.0. The molecular formula is C41H46ClN7O5. The molecule has 3 aliphatic heterocycles. The van der Waals surface area contributed by atoms with Crippen LogP contribution >= 0.6 is 11.6 Å². The monoisotopic (exact) mass is 751 g/mol. The molecule has 0 N–H and O–H groups in total. The molecule has 7 rings (SSSR count). The van der Waals surface area contributed by atoms with Crippen LogP contribution in [0.25, 0.3) is 10.8 Å². The summed E-state index contributed by atoms with van der Waals surface area (Å²) in [7, 11) is 0. The van der Waals surface area contributed by atoms with E-state index < -0.39 is 17.7 Å². The van der Waals surface area contributed by atoms with Crippen molar-refractivity contribution in [1.29, 1.82) is 5.26 Å². The van der Waals surface area contributed by atoms with Crippen LogP contribution in [0.4, 0.5) is 21.1 Å². The first-order valence-electron chi connectivity index (χ1n) is 18.6. The van der Waals surface area contributed by atoms with Gasteiger partial charge in [-0.05, 0) is 63.1 Å². The number of rotatable bonds is 8. The lowest BCUT2D eigenvalue weighted by molar-refractivity contribution is 0.0183. The summed E-state index contributed by atoms with van der Waals surface area (Å²) in [5.41, 5.74) is 3.17. The Labute approximate surface area is 321 Å². The smallest absolute Gasteiger partial charge is 0.410 e. The maximum atomic E-state index is 13.3. The summed E-state index contributed by atoms with van der Waals surface area (Å²) in [6, 6.07) is 23.6.